The number of hydrogen-bond acceptors (Lipinski definition) is 2. The summed E-state index contributed by atoms with van der Waals surface area (Å²) < 4.78 is 14.8. The van der Waals surface area contributed by atoms with Gasteiger partial charge in [0.1, 0.15) is 10.8 Å². The minimum Gasteiger partial charge on any atom is -0.389 e. The summed E-state index contributed by atoms with van der Waals surface area (Å²) in [5, 5.41) is 2.52. The lowest BCUT2D eigenvalue weighted by molar-refractivity contribution is 0.102. The topological polar surface area (TPSA) is 55.1 Å². The molecule has 6 heteroatoms. The van der Waals surface area contributed by atoms with E-state index in [0.717, 1.165) is 3.57 Å². The van der Waals surface area contributed by atoms with Crippen molar-refractivity contribution in [3.05, 3.63) is 63.0 Å². The Balaban J connectivity index is 2.22. The second-order valence-corrected chi connectivity index (χ2v) is 5.71. The molecule has 0 unspecified atom stereocenters. The van der Waals surface area contributed by atoms with Crippen molar-refractivity contribution >= 4 is 51.4 Å². The number of hydrogen-bond donors (Lipinski definition) is 2. The summed E-state index contributed by atoms with van der Waals surface area (Å²) in [5.74, 6) is -0.945. The number of thiocarbonyl (C=S) groups is 1. The Hall–Kier alpha value is -1.54. The molecule has 0 aromatic heterocycles. The molecule has 0 aliphatic heterocycles. The molecule has 0 radical (unpaired) electrons. The molecule has 3 N–H and O–H groups in total. The highest BCUT2D eigenvalue weighted by molar-refractivity contribution is 14.1. The van der Waals surface area contributed by atoms with Gasteiger partial charge in [0.05, 0.1) is 5.69 Å². The quantitative estimate of drug-likeness (QED) is 0.614. The van der Waals surface area contributed by atoms with Crippen molar-refractivity contribution < 1.29 is 9.18 Å². The van der Waals surface area contributed by atoms with Gasteiger partial charge in [-0.25, -0.2) is 4.39 Å². The van der Waals surface area contributed by atoms with E-state index in [1.807, 2.05) is 6.07 Å². The van der Waals surface area contributed by atoms with Crippen LogP contribution < -0.4 is 11.1 Å². The van der Waals surface area contributed by atoms with Crippen LogP contribution in [-0.4, -0.2) is 10.9 Å². The van der Waals surface area contributed by atoms with E-state index in [2.05, 4.69) is 27.9 Å². The van der Waals surface area contributed by atoms with E-state index in [1.54, 1.807) is 24.3 Å². The van der Waals surface area contributed by atoms with Gasteiger partial charge < -0.3 is 11.1 Å². The number of benzene rings is 2. The third kappa shape index (κ3) is 3.51. The number of amides is 1. The lowest BCUT2D eigenvalue weighted by Gasteiger charge is -2.08. The summed E-state index contributed by atoms with van der Waals surface area (Å²) in [6.45, 7) is 0. The normalized spacial score (nSPS) is 10.1. The standard InChI is InChI=1S/C14H10FIN2OS/c15-11-7-8(13(17)20)4-5-12(11)18-14(19)9-2-1-3-10(16)6-9/h1-7H,(H2,17,20)(H,18,19). The first-order valence-corrected chi connectivity index (χ1v) is 7.12. The molecule has 0 heterocycles. The van der Waals surface area contributed by atoms with Crippen LogP contribution in [0.5, 0.6) is 0 Å². The molecule has 0 bridgehead atoms. The SMILES string of the molecule is NC(=S)c1ccc(NC(=O)c2cccc(I)c2)c(F)c1. The molecule has 0 atom stereocenters. The third-order valence-corrected chi connectivity index (χ3v) is 3.50. The Labute approximate surface area is 134 Å². The van der Waals surface area contributed by atoms with Crippen LogP contribution in [0.15, 0.2) is 42.5 Å². The van der Waals surface area contributed by atoms with Crippen LogP contribution in [-0.2, 0) is 0 Å². The Morgan fingerprint density at radius 3 is 2.55 bits per heavy atom. The molecule has 0 fully saturated rings. The van der Waals surface area contributed by atoms with E-state index in [9.17, 15) is 9.18 Å². The number of carbonyl (C=O) groups is 1. The van der Waals surface area contributed by atoms with E-state index < -0.39 is 5.82 Å². The predicted molar refractivity (Wildman–Crippen MR) is 89.4 cm³/mol. The van der Waals surface area contributed by atoms with Gasteiger partial charge in [-0.05, 0) is 59.0 Å². The molecule has 0 aliphatic carbocycles. The Bertz CT molecular complexity index is 691. The average molecular weight is 400 g/mol. The molecule has 2 aromatic rings. The van der Waals surface area contributed by atoms with Gasteiger partial charge in [-0.15, -0.1) is 0 Å². The van der Waals surface area contributed by atoms with E-state index in [0.29, 0.717) is 11.1 Å². The second kappa shape index (κ2) is 6.27. The Morgan fingerprint density at radius 2 is 1.95 bits per heavy atom. The maximum absolute atomic E-state index is 13.8. The minimum atomic E-state index is -0.575. The van der Waals surface area contributed by atoms with E-state index >= 15 is 0 Å². The molecule has 3 nitrogen and oxygen atoms in total. The van der Waals surface area contributed by atoms with Crippen molar-refractivity contribution in [3.8, 4) is 0 Å². The number of anilines is 1. The molecule has 1 amide bonds. The minimum absolute atomic E-state index is 0.0915. The first-order chi connectivity index (χ1) is 9.47. The molecule has 20 heavy (non-hydrogen) atoms. The molecular weight excluding hydrogens is 390 g/mol. The largest absolute Gasteiger partial charge is 0.389 e. The number of nitrogens with two attached hydrogens (primary N) is 1. The van der Waals surface area contributed by atoms with Crippen molar-refractivity contribution in [1.82, 2.24) is 0 Å². The molecule has 0 spiro atoms. The van der Waals surface area contributed by atoms with Crippen molar-refractivity contribution in [2.75, 3.05) is 5.32 Å². The first kappa shape index (κ1) is 14.9. The summed E-state index contributed by atoms with van der Waals surface area (Å²) >= 11 is 6.87. The summed E-state index contributed by atoms with van der Waals surface area (Å²) in [7, 11) is 0. The zero-order chi connectivity index (χ0) is 14.7. The van der Waals surface area contributed by atoms with Gasteiger partial charge in [0.2, 0.25) is 0 Å². The molecule has 0 saturated heterocycles. The third-order valence-electron chi connectivity index (χ3n) is 2.59. The van der Waals surface area contributed by atoms with Crippen molar-refractivity contribution in [1.29, 1.82) is 0 Å². The van der Waals surface area contributed by atoms with Crippen LogP contribution in [0.2, 0.25) is 0 Å². The number of nitrogens with one attached hydrogen (secondary N) is 1. The fraction of sp³-hybridized carbons (Fsp3) is 0. The number of rotatable bonds is 3. The van der Waals surface area contributed by atoms with Crippen molar-refractivity contribution in [2.24, 2.45) is 5.73 Å². The van der Waals surface area contributed by atoms with Crippen LogP contribution in [0, 0.1) is 9.39 Å². The highest BCUT2D eigenvalue weighted by Crippen LogP contribution is 2.17. The molecule has 0 saturated carbocycles. The van der Waals surface area contributed by atoms with Gasteiger partial charge in [0.25, 0.3) is 5.91 Å². The number of carbonyl (C=O) groups excluding carboxylic acids is 1. The maximum Gasteiger partial charge on any atom is 0.255 e. The first-order valence-electron chi connectivity index (χ1n) is 5.63. The van der Waals surface area contributed by atoms with Gasteiger partial charge >= 0.3 is 0 Å². The molecular formula is C14H10FIN2OS. The van der Waals surface area contributed by atoms with E-state index in [-0.39, 0.29) is 16.6 Å². The van der Waals surface area contributed by atoms with Crippen molar-refractivity contribution in [2.45, 2.75) is 0 Å². The highest BCUT2D eigenvalue weighted by atomic mass is 127. The molecule has 2 rings (SSSR count). The summed E-state index contributed by atoms with van der Waals surface area (Å²) in [5.41, 5.74) is 6.40. The second-order valence-electron chi connectivity index (χ2n) is 4.02. The van der Waals surface area contributed by atoms with E-state index in [4.69, 9.17) is 18.0 Å². The lowest BCUT2D eigenvalue weighted by atomic mass is 10.1. The van der Waals surface area contributed by atoms with Gasteiger partial charge in [0, 0.05) is 14.7 Å². The highest BCUT2D eigenvalue weighted by Gasteiger charge is 2.10. The predicted octanol–water partition coefficient (Wildman–Crippen LogP) is 3.32. The molecule has 102 valence electrons. The van der Waals surface area contributed by atoms with Crippen LogP contribution >= 0.6 is 34.8 Å². The van der Waals surface area contributed by atoms with Crippen LogP contribution in [0.1, 0.15) is 15.9 Å². The summed E-state index contributed by atoms with van der Waals surface area (Å²) in [4.78, 5) is 12.1. The maximum atomic E-state index is 13.8. The Morgan fingerprint density at radius 1 is 1.20 bits per heavy atom. The number of halogens is 2. The van der Waals surface area contributed by atoms with Crippen molar-refractivity contribution in [3.63, 3.8) is 0 Å². The monoisotopic (exact) mass is 400 g/mol. The Kier molecular flexibility index (Phi) is 4.66. The fourth-order valence-corrected chi connectivity index (χ4v) is 2.26. The van der Waals surface area contributed by atoms with Crippen LogP contribution in [0.4, 0.5) is 10.1 Å². The zero-order valence-electron chi connectivity index (χ0n) is 10.2. The van der Waals surface area contributed by atoms with Gasteiger partial charge in [0.15, 0.2) is 0 Å². The fourth-order valence-electron chi connectivity index (χ4n) is 1.59. The van der Waals surface area contributed by atoms with E-state index in [1.165, 1.54) is 12.1 Å². The van der Waals surface area contributed by atoms with Crippen LogP contribution in [0.3, 0.4) is 0 Å². The van der Waals surface area contributed by atoms with Gasteiger partial charge in [-0.1, -0.05) is 18.3 Å². The zero-order valence-corrected chi connectivity index (χ0v) is 13.2. The van der Waals surface area contributed by atoms with Gasteiger partial charge in [-0.3, -0.25) is 4.79 Å². The molecule has 0 aliphatic rings. The molecule has 2 aromatic carbocycles. The summed E-state index contributed by atoms with van der Waals surface area (Å²) in [6.07, 6.45) is 0. The van der Waals surface area contributed by atoms with Crippen LogP contribution in [0.25, 0.3) is 0 Å². The van der Waals surface area contributed by atoms with Gasteiger partial charge in [-0.2, -0.15) is 0 Å². The summed E-state index contributed by atoms with van der Waals surface area (Å²) in [6, 6.07) is 11.2. The average Bonchev–Trinajstić information content (AvgIpc) is 2.40. The lowest BCUT2D eigenvalue weighted by Crippen LogP contribution is -2.14. The smallest absolute Gasteiger partial charge is 0.255 e.